The molecule has 126 valence electrons. The van der Waals surface area contributed by atoms with E-state index in [4.69, 9.17) is 0 Å². The summed E-state index contributed by atoms with van der Waals surface area (Å²) in [7, 11) is -0.728. The minimum absolute atomic E-state index is 0.0846. The lowest BCUT2D eigenvalue weighted by atomic mass is 10.1. The molecule has 6 nitrogen and oxygen atoms in total. The summed E-state index contributed by atoms with van der Waals surface area (Å²) in [6.07, 6.45) is 5.50. The molecule has 3 heterocycles. The minimum atomic E-state index is -0.728. The van der Waals surface area contributed by atoms with Gasteiger partial charge in [0, 0.05) is 46.2 Å². The quantitative estimate of drug-likeness (QED) is 0.900. The third-order valence-electron chi connectivity index (χ3n) is 4.35. The van der Waals surface area contributed by atoms with Gasteiger partial charge in [-0.2, -0.15) is 0 Å². The van der Waals surface area contributed by atoms with Crippen molar-refractivity contribution in [3.05, 3.63) is 29.2 Å². The highest BCUT2D eigenvalue weighted by Gasteiger charge is 2.28. The van der Waals surface area contributed by atoms with Crippen LogP contribution < -0.4 is 5.32 Å². The highest BCUT2D eigenvalue weighted by molar-refractivity contribution is 7.85. The second-order valence-corrected chi connectivity index (χ2v) is 8.82. The van der Waals surface area contributed by atoms with Crippen molar-refractivity contribution in [2.75, 3.05) is 11.5 Å². The number of hydrogen-bond donors (Lipinski definition) is 1. The van der Waals surface area contributed by atoms with E-state index >= 15 is 0 Å². The molecule has 0 unspecified atom stereocenters. The molecule has 2 aromatic heterocycles. The van der Waals surface area contributed by atoms with E-state index in [2.05, 4.69) is 20.3 Å². The summed E-state index contributed by atoms with van der Waals surface area (Å²) >= 11 is 1.47. The van der Waals surface area contributed by atoms with Gasteiger partial charge >= 0.3 is 0 Å². The first-order chi connectivity index (χ1) is 11.7. The van der Waals surface area contributed by atoms with Crippen LogP contribution in [0.15, 0.2) is 17.8 Å². The molecule has 2 aliphatic rings. The van der Waals surface area contributed by atoms with Crippen molar-refractivity contribution in [2.24, 2.45) is 0 Å². The van der Waals surface area contributed by atoms with Gasteiger partial charge in [0.1, 0.15) is 5.69 Å². The fraction of sp³-hybridized carbons (Fsp3) is 0.500. The van der Waals surface area contributed by atoms with Crippen LogP contribution in [0, 0.1) is 0 Å². The summed E-state index contributed by atoms with van der Waals surface area (Å²) in [5.74, 6) is 2.19. The molecular weight excluding hydrogens is 344 g/mol. The maximum atomic E-state index is 12.6. The Morgan fingerprint density at radius 2 is 2.00 bits per heavy atom. The molecule has 0 aromatic carbocycles. The molecular formula is C16H18N4O2S2. The van der Waals surface area contributed by atoms with Gasteiger partial charge in [0.15, 0.2) is 5.82 Å². The zero-order valence-electron chi connectivity index (χ0n) is 13.1. The van der Waals surface area contributed by atoms with Crippen molar-refractivity contribution in [2.45, 2.75) is 37.6 Å². The minimum Gasteiger partial charge on any atom is -0.348 e. The Morgan fingerprint density at radius 1 is 1.21 bits per heavy atom. The Kier molecular flexibility index (Phi) is 4.41. The van der Waals surface area contributed by atoms with Crippen molar-refractivity contribution < 1.29 is 9.00 Å². The number of aromatic nitrogens is 3. The van der Waals surface area contributed by atoms with Crippen molar-refractivity contribution >= 4 is 28.0 Å². The van der Waals surface area contributed by atoms with Crippen LogP contribution in [0.5, 0.6) is 0 Å². The molecule has 1 saturated heterocycles. The number of nitrogens with one attached hydrogen (secondary N) is 1. The third kappa shape index (κ3) is 3.54. The maximum absolute atomic E-state index is 12.6. The van der Waals surface area contributed by atoms with Gasteiger partial charge in [-0.05, 0) is 31.7 Å². The van der Waals surface area contributed by atoms with Gasteiger partial charge in [-0.1, -0.05) is 0 Å². The highest BCUT2D eigenvalue weighted by atomic mass is 32.2. The van der Waals surface area contributed by atoms with Crippen LogP contribution in [0.2, 0.25) is 0 Å². The SMILES string of the molecule is O=C(NC1CCS(=O)CC1)c1cc(C2CC2)nc(-c2cncs2)n1. The van der Waals surface area contributed by atoms with Gasteiger partial charge in [-0.3, -0.25) is 14.0 Å². The first-order valence-electron chi connectivity index (χ1n) is 8.13. The smallest absolute Gasteiger partial charge is 0.270 e. The molecule has 2 fully saturated rings. The largest absolute Gasteiger partial charge is 0.348 e. The predicted octanol–water partition coefficient (Wildman–Crippen LogP) is 2.12. The number of hydrogen-bond acceptors (Lipinski definition) is 6. The summed E-state index contributed by atoms with van der Waals surface area (Å²) in [6.45, 7) is 0. The fourth-order valence-corrected chi connectivity index (χ4v) is 4.66. The Balaban J connectivity index is 1.57. The van der Waals surface area contributed by atoms with Crippen molar-refractivity contribution in [1.82, 2.24) is 20.3 Å². The molecule has 24 heavy (non-hydrogen) atoms. The zero-order valence-corrected chi connectivity index (χ0v) is 14.7. The van der Waals surface area contributed by atoms with Crippen LogP contribution in [-0.4, -0.2) is 42.6 Å². The van der Waals surface area contributed by atoms with Crippen LogP contribution in [0.1, 0.15) is 47.8 Å². The highest BCUT2D eigenvalue weighted by Crippen LogP contribution is 2.39. The fourth-order valence-electron chi connectivity index (χ4n) is 2.80. The number of thiazole rings is 1. The second-order valence-electron chi connectivity index (χ2n) is 6.24. The van der Waals surface area contributed by atoms with Crippen molar-refractivity contribution in [3.63, 3.8) is 0 Å². The number of rotatable bonds is 4. The van der Waals surface area contributed by atoms with Crippen LogP contribution >= 0.6 is 11.3 Å². The van der Waals surface area contributed by atoms with Crippen LogP contribution in [0.3, 0.4) is 0 Å². The van der Waals surface area contributed by atoms with Crippen LogP contribution in [0.4, 0.5) is 0 Å². The summed E-state index contributed by atoms with van der Waals surface area (Å²) in [6, 6.07) is 1.90. The Morgan fingerprint density at radius 3 is 2.67 bits per heavy atom. The third-order valence-corrected chi connectivity index (χ3v) is 6.50. The molecule has 8 heteroatoms. The van der Waals surface area contributed by atoms with Gasteiger partial charge in [-0.15, -0.1) is 11.3 Å². The van der Waals surface area contributed by atoms with E-state index in [0.29, 0.717) is 28.9 Å². The number of nitrogens with zero attached hydrogens (tertiary/aromatic N) is 3. The van der Waals surface area contributed by atoms with Gasteiger partial charge in [0.25, 0.3) is 5.91 Å². The van der Waals surface area contributed by atoms with E-state index in [1.54, 1.807) is 11.7 Å². The first-order valence-corrected chi connectivity index (χ1v) is 10.5. The molecule has 1 amide bonds. The zero-order chi connectivity index (χ0) is 16.5. The monoisotopic (exact) mass is 362 g/mol. The summed E-state index contributed by atoms with van der Waals surface area (Å²) in [4.78, 5) is 26.6. The van der Waals surface area contributed by atoms with Crippen LogP contribution in [-0.2, 0) is 10.8 Å². The summed E-state index contributed by atoms with van der Waals surface area (Å²) in [5.41, 5.74) is 3.11. The lowest BCUT2D eigenvalue weighted by Gasteiger charge is -2.22. The van der Waals surface area contributed by atoms with E-state index in [-0.39, 0.29) is 11.9 Å². The normalized spacial score (nSPS) is 23.8. The Bertz CT molecular complexity index is 764. The second kappa shape index (κ2) is 6.68. The molecule has 0 radical (unpaired) electrons. The molecule has 1 aliphatic heterocycles. The molecule has 1 aliphatic carbocycles. The number of carbonyl (C=O) groups is 1. The molecule has 4 rings (SSSR count). The average molecular weight is 362 g/mol. The maximum Gasteiger partial charge on any atom is 0.270 e. The van der Waals surface area contributed by atoms with Crippen molar-refractivity contribution in [1.29, 1.82) is 0 Å². The van der Waals surface area contributed by atoms with Crippen molar-refractivity contribution in [3.8, 4) is 10.7 Å². The lowest BCUT2D eigenvalue weighted by Crippen LogP contribution is -2.40. The molecule has 0 spiro atoms. The number of amides is 1. The Labute approximate surface area is 146 Å². The summed E-state index contributed by atoms with van der Waals surface area (Å²) in [5, 5.41) is 3.04. The topological polar surface area (TPSA) is 84.8 Å². The number of carbonyl (C=O) groups excluding carboxylic acids is 1. The van der Waals surface area contributed by atoms with E-state index < -0.39 is 10.8 Å². The predicted molar refractivity (Wildman–Crippen MR) is 93.5 cm³/mol. The van der Waals surface area contributed by atoms with Gasteiger partial charge < -0.3 is 5.32 Å². The molecule has 0 bridgehead atoms. The summed E-state index contributed by atoms with van der Waals surface area (Å²) < 4.78 is 11.4. The van der Waals surface area contributed by atoms with Gasteiger partial charge in [0.2, 0.25) is 0 Å². The molecule has 1 N–H and O–H groups in total. The molecule has 2 aromatic rings. The lowest BCUT2D eigenvalue weighted by molar-refractivity contribution is 0.0929. The first kappa shape index (κ1) is 15.8. The molecule has 1 saturated carbocycles. The standard InChI is InChI=1S/C16H18N4O2S2/c21-16(18-11-3-5-24(22)6-4-11)13-7-12(10-1-2-10)19-15(20-13)14-8-17-9-23-14/h7-11H,1-6H2,(H,18,21). The average Bonchev–Trinajstić information content (AvgIpc) is 3.31. The Hall–Kier alpha value is -1.67. The van der Waals surface area contributed by atoms with E-state index in [1.165, 1.54) is 11.3 Å². The van der Waals surface area contributed by atoms with Crippen LogP contribution in [0.25, 0.3) is 10.7 Å². The van der Waals surface area contributed by atoms with E-state index in [0.717, 1.165) is 36.3 Å². The van der Waals surface area contributed by atoms with E-state index in [9.17, 15) is 9.00 Å². The van der Waals surface area contributed by atoms with Gasteiger partial charge in [-0.25, -0.2) is 9.97 Å². The van der Waals surface area contributed by atoms with Gasteiger partial charge in [0.05, 0.1) is 10.4 Å². The molecule has 0 atom stereocenters. The van der Waals surface area contributed by atoms with E-state index in [1.807, 2.05) is 6.07 Å².